The quantitative estimate of drug-likeness (QED) is 0.621. The van der Waals surface area contributed by atoms with Gasteiger partial charge in [0.15, 0.2) is 6.61 Å². The van der Waals surface area contributed by atoms with Gasteiger partial charge in [0, 0.05) is 36.6 Å². The van der Waals surface area contributed by atoms with Gasteiger partial charge in [-0.3, -0.25) is 14.6 Å². The summed E-state index contributed by atoms with van der Waals surface area (Å²) in [5, 5.41) is 1.57. The Balaban J connectivity index is 1.36. The van der Waals surface area contributed by atoms with Crippen molar-refractivity contribution in [3.8, 4) is 5.75 Å². The number of rotatable bonds is 4. The molecule has 2 aromatic carbocycles. The van der Waals surface area contributed by atoms with Crippen LogP contribution >= 0.6 is 11.6 Å². The molecule has 1 fully saturated rings. The lowest BCUT2D eigenvalue weighted by atomic mass is 10.1. The molecule has 4 rings (SSSR count). The first-order chi connectivity index (χ1) is 14.9. The van der Waals surface area contributed by atoms with Crippen LogP contribution in [0.3, 0.4) is 0 Å². The number of nitrogens with zero attached hydrogens (tertiary/aromatic N) is 3. The maximum atomic E-state index is 13.1. The average molecular weight is 438 g/mol. The molecule has 0 N–H and O–H groups in total. The monoisotopic (exact) mass is 437 g/mol. The van der Waals surface area contributed by atoms with Crippen molar-refractivity contribution in [2.45, 2.75) is 13.8 Å². The lowest BCUT2D eigenvalue weighted by Crippen LogP contribution is -2.51. The largest absolute Gasteiger partial charge is 0.484 e. The molecule has 2 heterocycles. The van der Waals surface area contributed by atoms with E-state index in [1.54, 1.807) is 34.1 Å². The van der Waals surface area contributed by atoms with Gasteiger partial charge in [0.05, 0.1) is 16.8 Å². The maximum Gasteiger partial charge on any atom is 0.260 e. The summed E-state index contributed by atoms with van der Waals surface area (Å²) < 4.78 is 5.55. The summed E-state index contributed by atoms with van der Waals surface area (Å²) in [6, 6.07) is 14.8. The Morgan fingerprint density at radius 2 is 1.65 bits per heavy atom. The van der Waals surface area contributed by atoms with Gasteiger partial charge in [0.1, 0.15) is 5.75 Å². The van der Waals surface area contributed by atoms with Gasteiger partial charge in [-0.15, -0.1) is 0 Å². The van der Waals surface area contributed by atoms with Crippen LogP contribution in [0.2, 0.25) is 5.02 Å². The molecule has 6 nitrogen and oxygen atoms in total. The van der Waals surface area contributed by atoms with Gasteiger partial charge in [-0.05, 0) is 55.8 Å². The van der Waals surface area contributed by atoms with Crippen LogP contribution in [0.15, 0.2) is 48.5 Å². The second kappa shape index (κ2) is 8.94. The third kappa shape index (κ3) is 4.80. The molecule has 0 atom stereocenters. The third-order valence-electron chi connectivity index (χ3n) is 5.49. The fourth-order valence-electron chi connectivity index (χ4n) is 3.69. The van der Waals surface area contributed by atoms with Gasteiger partial charge in [-0.25, -0.2) is 0 Å². The highest BCUT2D eigenvalue weighted by atomic mass is 35.5. The fraction of sp³-hybridized carbons (Fsp3) is 0.292. The van der Waals surface area contributed by atoms with E-state index in [4.69, 9.17) is 16.3 Å². The van der Waals surface area contributed by atoms with Crippen LogP contribution in [0.5, 0.6) is 5.75 Å². The molecule has 0 aliphatic carbocycles. The number of pyridine rings is 1. The zero-order valence-electron chi connectivity index (χ0n) is 17.6. The van der Waals surface area contributed by atoms with Gasteiger partial charge in [-0.2, -0.15) is 0 Å². The summed E-state index contributed by atoms with van der Waals surface area (Å²) in [6.07, 6.45) is 0. The second-order valence-corrected chi connectivity index (χ2v) is 8.17. The molecule has 0 radical (unpaired) electrons. The summed E-state index contributed by atoms with van der Waals surface area (Å²) in [6.45, 7) is 5.78. The van der Waals surface area contributed by atoms with E-state index in [0.29, 0.717) is 42.5 Å². The number of hydrogen-bond acceptors (Lipinski definition) is 4. The molecule has 0 saturated carbocycles. The number of hydrogen-bond donors (Lipinski definition) is 0. The second-order valence-electron chi connectivity index (χ2n) is 7.73. The van der Waals surface area contributed by atoms with Gasteiger partial charge in [0.2, 0.25) is 0 Å². The predicted octanol–water partition coefficient (Wildman–Crippen LogP) is 3.87. The zero-order valence-corrected chi connectivity index (χ0v) is 18.4. The molecular weight excluding hydrogens is 414 g/mol. The van der Waals surface area contributed by atoms with Gasteiger partial charge < -0.3 is 14.5 Å². The molecule has 1 saturated heterocycles. The van der Waals surface area contributed by atoms with Crippen molar-refractivity contribution in [2.24, 2.45) is 0 Å². The highest BCUT2D eigenvalue weighted by Crippen LogP contribution is 2.20. The lowest BCUT2D eigenvalue weighted by Gasteiger charge is -2.35. The highest BCUT2D eigenvalue weighted by molar-refractivity contribution is 6.30. The van der Waals surface area contributed by atoms with Gasteiger partial charge in [-0.1, -0.05) is 23.7 Å². The predicted molar refractivity (Wildman–Crippen MR) is 121 cm³/mol. The molecule has 3 aromatic rings. The van der Waals surface area contributed by atoms with E-state index in [0.717, 1.165) is 22.2 Å². The van der Waals surface area contributed by atoms with Crippen molar-refractivity contribution >= 4 is 34.3 Å². The van der Waals surface area contributed by atoms with E-state index in [1.165, 1.54) is 0 Å². The number of piperazine rings is 1. The summed E-state index contributed by atoms with van der Waals surface area (Å²) >= 11 is 5.86. The fourth-order valence-corrected chi connectivity index (χ4v) is 3.81. The van der Waals surface area contributed by atoms with Crippen molar-refractivity contribution in [1.82, 2.24) is 14.8 Å². The van der Waals surface area contributed by atoms with E-state index >= 15 is 0 Å². The Kier molecular flexibility index (Phi) is 6.09. The number of ether oxygens (including phenoxy) is 1. The van der Waals surface area contributed by atoms with Crippen molar-refractivity contribution in [3.05, 3.63) is 70.4 Å². The normalized spacial score (nSPS) is 14.0. The first kappa shape index (κ1) is 21.1. The summed E-state index contributed by atoms with van der Waals surface area (Å²) in [7, 11) is 0. The number of fused-ring (bicyclic) bond motifs is 1. The highest BCUT2D eigenvalue weighted by Gasteiger charge is 2.26. The number of benzene rings is 2. The van der Waals surface area contributed by atoms with E-state index in [2.05, 4.69) is 4.98 Å². The number of halogens is 1. The van der Waals surface area contributed by atoms with Crippen molar-refractivity contribution in [3.63, 3.8) is 0 Å². The van der Waals surface area contributed by atoms with E-state index < -0.39 is 0 Å². The average Bonchev–Trinajstić information content (AvgIpc) is 2.77. The summed E-state index contributed by atoms with van der Waals surface area (Å²) in [5.74, 6) is 0.457. The van der Waals surface area contributed by atoms with Gasteiger partial charge >= 0.3 is 0 Å². The Morgan fingerprint density at radius 1 is 0.968 bits per heavy atom. The van der Waals surface area contributed by atoms with Crippen LogP contribution in [0, 0.1) is 13.8 Å². The molecule has 1 aromatic heterocycles. The van der Waals surface area contributed by atoms with Crippen LogP contribution < -0.4 is 4.74 Å². The molecule has 0 unspecified atom stereocenters. The van der Waals surface area contributed by atoms with Crippen LogP contribution in [0.1, 0.15) is 21.6 Å². The lowest BCUT2D eigenvalue weighted by molar-refractivity contribution is -0.134. The van der Waals surface area contributed by atoms with E-state index in [-0.39, 0.29) is 18.4 Å². The summed E-state index contributed by atoms with van der Waals surface area (Å²) in [4.78, 5) is 33.7. The molecule has 2 amide bonds. The van der Waals surface area contributed by atoms with E-state index in [1.807, 2.05) is 38.1 Å². The Bertz CT molecular complexity index is 1120. The number of aryl methyl sites for hydroxylation is 2. The summed E-state index contributed by atoms with van der Waals surface area (Å²) in [5.41, 5.74) is 3.37. The molecule has 160 valence electrons. The molecular formula is C24H24ClN3O3. The Hall–Kier alpha value is -3.12. The molecule has 0 bridgehead atoms. The SMILES string of the molecule is Cc1ccc2cc(C(=O)N3CCN(C(=O)COc4ccc(Cl)cc4)CC3)c(C)nc2c1. The first-order valence-corrected chi connectivity index (χ1v) is 10.6. The smallest absolute Gasteiger partial charge is 0.260 e. The number of amides is 2. The standard InChI is InChI=1S/C24H24ClN3O3/c1-16-3-4-18-14-21(17(2)26-22(18)13-16)24(30)28-11-9-27(10-12-28)23(29)15-31-20-7-5-19(25)6-8-20/h3-8,13-14H,9-12,15H2,1-2H3. The molecule has 31 heavy (non-hydrogen) atoms. The van der Waals surface area contributed by atoms with Crippen molar-refractivity contribution < 1.29 is 14.3 Å². The molecule has 1 aliphatic heterocycles. The molecule has 1 aliphatic rings. The topological polar surface area (TPSA) is 62.7 Å². The zero-order chi connectivity index (χ0) is 22.0. The number of carbonyl (C=O) groups is 2. The van der Waals surface area contributed by atoms with Crippen LogP contribution in [-0.2, 0) is 4.79 Å². The van der Waals surface area contributed by atoms with Gasteiger partial charge in [0.25, 0.3) is 11.8 Å². The first-order valence-electron chi connectivity index (χ1n) is 10.2. The van der Waals surface area contributed by atoms with Crippen molar-refractivity contribution in [2.75, 3.05) is 32.8 Å². The number of aromatic nitrogens is 1. The third-order valence-corrected chi connectivity index (χ3v) is 5.74. The van der Waals surface area contributed by atoms with Crippen molar-refractivity contribution in [1.29, 1.82) is 0 Å². The molecule has 0 spiro atoms. The molecule has 7 heteroatoms. The Morgan fingerprint density at radius 3 is 2.35 bits per heavy atom. The Labute approximate surface area is 186 Å². The minimum absolute atomic E-state index is 0.0390. The minimum atomic E-state index is -0.0963. The minimum Gasteiger partial charge on any atom is -0.484 e. The van der Waals surface area contributed by atoms with Crippen LogP contribution in [0.4, 0.5) is 0 Å². The van der Waals surface area contributed by atoms with Crippen LogP contribution in [-0.4, -0.2) is 59.4 Å². The maximum absolute atomic E-state index is 13.1. The van der Waals surface area contributed by atoms with Crippen LogP contribution in [0.25, 0.3) is 10.9 Å². The number of carbonyl (C=O) groups excluding carboxylic acids is 2. The van der Waals surface area contributed by atoms with E-state index in [9.17, 15) is 9.59 Å².